The lowest BCUT2D eigenvalue weighted by Crippen LogP contribution is -2.31. The van der Waals surface area contributed by atoms with Gasteiger partial charge in [0.25, 0.3) is 0 Å². The quantitative estimate of drug-likeness (QED) is 0.807. The summed E-state index contributed by atoms with van der Waals surface area (Å²) >= 11 is 6.11. The number of halogens is 3. The van der Waals surface area contributed by atoms with E-state index in [1.54, 1.807) is 11.7 Å². The summed E-state index contributed by atoms with van der Waals surface area (Å²) < 4.78 is 32.6. The molecule has 1 heterocycles. The summed E-state index contributed by atoms with van der Waals surface area (Å²) in [4.78, 5) is 0. The van der Waals surface area contributed by atoms with Gasteiger partial charge in [0.2, 0.25) is 0 Å². The highest BCUT2D eigenvalue weighted by atomic mass is 35.5. The highest BCUT2D eigenvalue weighted by Crippen LogP contribution is 2.18. The summed E-state index contributed by atoms with van der Waals surface area (Å²) in [6.45, 7) is 2.53. The summed E-state index contributed by atoms with van der Waals surface area (Å²) in [5.74, 6) is -1.77. The first-order valence-corrected chi connectivity index (χ1v) is 7.41. The fraction of sp³-hybridized carbons (Fsp3) is 0.400. The van der Waals surface area contributed by atoms with Crippen LogP contribution in [0.2, 0.25) is 5.15 Å². The van der Waals surface area contributed by atoms with Crippen molar-refractivity contribution in [2.75, 3.05) is 13.2 Å². The van der Waals surface area contributed by atoms with Crippen molar-refractivity contribution in [1.29, 1.82) is 0 Å². The smallest absolute Gasteiger partial charge is 0.162 e. The molecular weight excluding hydrogens is 328 g/mol. The Balaban J connectivity index is 1.76. The molecule has 0 aliphatic carbocycles. The van der Waals surface area contributed by atoms with Crippen molar-refractivity contribution in [3.05, 3.63) is 46.2 Å². The van der Waals surface area contributed by atoms with Crippen molar-refractivity contribution in [2.45, 2.75) is 19.6 Å². The summed E-state index contributed by atoms with van der Waals surface area (Å²) in [5.41, 5.74) is 1.68. The Labute approximate surface area is 137 Å². The Kier molecular flexibility index (Phi) is 5.92. The molecule has 2 N–H and O–H groups in total. The zero-order valence-corrected chi connectivity index (χ0v) is 13.6. The maximum absolute atomic E-state index is 13.0. The number of aliphatic hydroxyl groups excluding tert-OH is 1. The van der Waals surface area contributed by atoms with Gasteiger partial charge >= 0.3 is 0 Å². The molecule has 0 aliphatic heterocycles. The Morgan fingerprint density at radius 2 is 2.13 bits per heavy atom. The van der Waals surface area contributed by atoms with Crippen LogP contribution >= 0.6 is 11.6 Å². The molecule has 1 aromatic heterocycles. The van der Waals surface area contributed by atoms with E-state index in [1.807, 2.05) is 6.92 Å². The molecule has 0 saturated carbocycles. The van der Waals surface area contributed by atoms with E-state index in [0.717, 1.165) is 23.4 Å². The van der Waals surface area contributed by atoms with E-state index in [0.29, 0.717) is 11.7 Å². The van der Waals surface area contributed by atoms with Crippen LogP contribution in [0.15, 0.2) is 18.2 Å². The lowest BCUT2D eigenvalue weighted by molar-refractivity contribution is 0.106. The number of hydrogen-bond acceptors (Lipinski definition) is 4. The predicted octanol–water partition coefficient (Wildman–Crippen LogP) is 2.19. The molecule has 0 amide bonds. The first-order chi connectivity index (χ1) is 10.9. The maximum atomic E-state index is 13.0. The molecule has 0 fully saturated rings. The SMILES string of the molecule is Cc1nn(C)c(Cl)c1CNCC(O)COc1ccc(F)c(F)c1. The fourth-order valence-corrected chi connectivity index (χ4v) is 2.30. The van der Waals surface area contributed by atoms with Gasteiger partial charge in [0.1, 0.15) is 23.6 Å². The predicted molar refractivity (Wildman–Crippen MR) is 82.5 cm³/mol. The van der Waals surface area contributed by atoms with Gasteiger partial charge in [0.05, 0.1) is 5.69 Å². The molecule has 2 aromatic rings. The molecule has 5 nitrogen and oxygen atoms in total. The van der Waals surface area contributed by atoms with E-state index in [-0.39, 0.29) is 18.9 Å². The molecule has 2 rings (SSSR count). The molecule has 0 spiro atoms. The van der Waals surface area contributed by atoms with Crippen LogP contribution in [-0.2, 0) is 13.6 Å². The zero-order chi connectivity index (χ0) is 17.0. The van der Waals surface area contributed by atoms with Crippen LogP contribution in [0.4, 0.5) is 8.78 Å². The van der Waals surface area contributed by atoms with Crippen LogP contribution < -0.4 is 10.1 Å². The Bertz CT molecular complexity index is 679. The van der Waals surface area contributed by atoms with Gasteiger partial charge in [-0.15, -0.1) is 0 Å². The summed E-state index contributed by atoms with van der Waals surface area (Å²) in [5, 5.41) is 17.6. The topological polar surface area (TPSA) is 59.3 Å². The first-order valence-electron chi connectivity index (χ1n) is 7.03. The number of ether oxygens (including phenoxy) is 1. The Hall–Kier alpha value is -1.70. The normalized spacial score (nSPS) is 12.4. The Morgan fingerprint density at radius 1 is 1.39 bits per heavy atom. The second-order valence-corrected chi connectivity index (χ2v) is 5.51. The number of aryl methyl sites for hydroxylation is 2. The zero-order valence-electron chi connectivity index (χ0n) is 12.8. The van der Waals surface area contributed by atoms with Crippen molar-refractivity contribution < 1.29 is 18.6 Å². The van der Waals surface area contributed by atoms with Crippen molar-refractivity contribution in [3.8, 4) is 5.75 Å². The fourth-order valence-electron chi connectivity index (χ4n) is 2.06. The van der Waals surface area contributed by atoms with Gasteiger partial charge in [-0.2, -0.15) is 5.10 Å². The number of hydrogen-bond donors (Lipinski definition) is 2. The van der Waals surface area contributed by atoms with Gasteiger partial charge in [-0.1, -0.05) is 11.6 Å². The molecule has 23 heavy (non-hydrogen) atoms. The molecule has 1 aromatic carbocycles. The van der Waals surface area contributed by atoms with Gasteiger partial charge in [-0.25, -0.2) is 8.78 Å². The van der Waals surface area contributed by atoms with Crippen LogP contribution in [-0.4, -0.2) is 34.1 Å². The molecular formula is C15H18ClF2N3O2. The van der Waals surface area contributed by atoms with Gasteiger partial charge in [-0.3, -0.25) is 4.68 Å². The number of rotatable bonds is 7. The van der Waals surface area contributed by atoms with Crippen LogP contribution in [0.25, 0.3) is 0 Å². The highest BCUT2D eigenvalue weighted by Gasteiger charge is 2.12. The van der Waals surface area contributed by atoms with E-state index in [9.17, 15) is 13.9 Å². The van der Waals surface area contributed by atoms with E-state index in [2.05, 4.69) is 10.4 Å². The highest BCUT2D eigenvalue weighted by molar-refractivity contribution is 6.30. The molecule has 8 heteroatoms. The molecule has 0 bridgehead atoms. The molecule has 0 aliphatic rings. The van der Waals surface area contributed by atoms with E-state index in [4.69, 9.17) is 16.3 Å². The van der Waals surface area contributed by atoms with Gasteiger partial charge in [0.15, 0.2) is 11.6 Å². The average molecular weight is 346 g/mol. The second-order valence-electron chi connectivity index (χ2n) is 5.15. The third-order valence-corrected chi connectivity index (χ3v) is 3.76. The molecule has 126 valence electrons. The monoisotopic (exact) mass is 345 g/mol. The van der Waals surface area contributed by atoms with Crippen LogP contribution in [0.5, 0.6) is 5.75 Å². The largest absolute Gasteiger partial charge is 0.491 e. The van der Waals surface area contributed by atoms with Crippen molar-refractivity contribution in [1.82, 2.24) is 15.1 Å². The van der Waals surface area contributed by atoms with Gasteiger partial charge in [-0.05, 0) is 19.1 Å². The molecule has 0 saturated heterocycles. The number of nitrogens with one attached hydrogen (secondary N) is 1. The van der Waals surface area contributed by atoms with E-state index in [1.165, 1.54) is 6.07 Å². The second kappa shape index (κ2) is 7.72. The maximum Gasteiger partial charge on any atom is 0.162 e. The number of benzene rings is 1. The number of aliphatic hydroxyl groups is 1. The third kappa shape index (κ3) is 4.63. The third-order valence-electron chi connectivity index (χ3n) is 3.29. The van der Waals surface area contributed by atoms with Crippen LogP contribution in [0.1, 0.15) is 11.3 Å². The van der Waals surface area contributed by atoms with E-state index < -0.39 is 17.7 Å². The van der Waals surface area contributed by atoms with Crippen LogP contribution in [0, 0.1) is 18.6 Å². The molecule has 1 atom stereocenters. The molecule has 1 unspecified atom stereocenters. The number of aromatic nitrogens is 2. The Morgan fingerprint density at radius 3 is 2.74 bits per heavy atom. The first kappa shape index (κ1) is 17.7. The van der Waals surface area contributed by atoms with Crippen LogP contribution in [0.3, 0.4) is 0 Å². The lowest BCUT2D eigenvalue weighted by Gasteiger charge is -2.13. The summed E-state index contributed by atoms with van der Waals surface area (Å²) in [6, 6.07) is 3.22. The van der Waals surface area contributed by atoms with Crippen molar-refractivity contribution in [3.63, 3.8) is 0 Å². The van der Waals surface area contributed by atoms with Gasteiger partial charge in [0, 0.05) is 31.8 Å². The number of nitrogens with zero attached hydrogens (tertiary/aromatic N) is 2. The minimum Gasteiger partial charge on any atom is -0.491 e. The molecule has 0 radical (unpaired) electrons. The van der Waals surface area contributed by atoms with Crippen molar-refractivity contribution >= 4 is 11.6 Å². The standard InChI is InChI=1S/C15H18ClF2N3O2/c1-9-12(15(16)21(2)20-9)7-19-6-10(22)8-23-11-3-4-13(17)14(18)5-11/h3-5,10,19,22H,6-8H2,1-2H3. The summed E-state index contributed by atoms with van der Waals surface area (Å²) in [7, 11) is 1.75. The van der Waals surface area contributed by atoms with Crippen molar-refractivity contribution in [2.24, 2.45) is 7.05 Å². The van der Waals surface area contributed by atoms with E-state index >= 15 is 0 Å². The summed E-state index contributed by atoms with van der Waals surface area (Å²) in [6.07, 6.45) is -0.807. The minimum absolute atomic E-state index is 0.0438. The average Bonchev–Trinajstić information content (AvgIpc) is 2.74. The lowest BCUT2D eigenvalue weighted by atomic mass is 10.2. The van der Waals surface area contributed by atoms with Gasteiger partial charge < -0.3 is 15.2 Å². The minimum atomic E-state index is -0.989.